The van der Waals surface area contributed by atoms with Crippen molar-refractivity contribution in [2.24, 2.45) is 5.84 Å². The predicted molar refractivity (Wildman–Crippen MR) is 95.1 cm³/mol. The number of fused-ring (bicyclic) bond motifs is 1. The summed E-state index contributed by atoms with van der Waals surface area (Å²) in [6.45, 7) is -0.160. The highest BCUT2D eigenvalue weighted by molar-refractivity contribution is 6.33. The number of hydrogen-bond donors (Lipinski definition) is 3. The number of ether oxygens (including phenoxy) is 1. The maximum absolute atomic E-state index is 12.0. The molecule has 0 aliphatic heterocycles. The smallest absolute Gasteiger partial charge is 0.262 e. The number of anilines is 2. The molecule has 0 spiro atoms. The Kier molecular flexibility index (Phi) is 4.79. The van der Waals surface area contributed by atoms with Gasteiger partial charge in [0.05, 0.1) is 10.7 Å². The number of amides is 1. The van der Waals surface area contributed by atoms with Gasteiger partial charge in [-0.3, -0.25) is 4.79 Å². The minimum Gasteiger partial charge on any atom is -0.481 e. The van der Waals surface area contributed by atoms with E-state index in [0.717, 1.165) is 5.39 Å². The van der Waals surface area contributed by atoms with E-state index in [-0.39, 0.29) is 12.5 Å². The first-order valence-corrected chi connectivity index (χ1v) is 7.59. The van der Waals surface area contributed by atoms with Crippen molar-refractivity contribution in [3.05, 3.63) is 59.6 Å². The first kappa shape index (κ1) is 16.0. The van der Waals surface area contributed by atoms with Crippen LogP contribution in [0, 0.1) is 0 Å². The third-order valence-electron chi connectivity index (χ3n) is 3.34. The topological polar surface area (TPSA) is 89.3 Å². The largest absolute Gasteiger partial charge is 0.481 e. The lowest BCUT2D eigenvalue weighted by Gasteiger charge is -2.10. The molecule has 0 saturated carbocycles. The molecule has 7 heteroatoms. The number of pyridine rings is 1. The molecule has 2 aromatic carbocycles. The number of carbonyl (C=O) groups is 1. The van der Waals surface area contributed by atoms with Gasteiger partial charge in [-0.2, -0.15) is 0 Å². The average molecular weight is 343 g/mol. The molecule has 6 nitrogen and oxygen atoms in total. The number of hydrogen-bond acceptors (Lipinski definition) is 5. The second kappa shape index (κ2) is 7.16. The molecule has 0 aliphatic rings. The van der Waals surface area contributed by atoms with Crippen molar-refractivity contribution >= 4 is 39.9 Å². The summed E-state index contributed by atoms with van der Waals surface area (Å²) in [5.41, 5.74) is 3.65. The zero-order valence-corrected chi connectivity index (χ0v) is 13.4. The van der Waals surface area contributed by atoms with Crippen molar-refractivity contribution in [1.82, 2.24) is 4.98 Å². The van der Waals surface area contributed by atoms with Crippen LogP contribution in [0.2, 0.25) is 5.02 Å². The van der Waals surface area contributed by atoms with Crippen molar-refractivity contribution in [2.75, 3.05) is 17.3 Å². The molecule has 1 aromatic heterocycles. The highest BCUT2D eigenvalue weighted by Gasteiger charge is 2.09. The van der Waals surface area contributed by atoms with Crippen LogP contribution in [0.1, 0.15) is 0 Å². The normalized spacial score (nSPS) is 10.4. The summed E-state index contributed by atoms with van der Waals surface area (Å²) in [6, 6.07) is 16.1. The molecule has 4 N–H and O–H groups in total. The number of benzene rings is 2. The molecule has 1 heterocycles. The Labute approximate surface area is 143 Å². The first-order valence-electron chi connectivity index (χ1n) is 7.21. The van der Waals surface area contributed by atoms with Crippen LogP contribution in [0.25, 0.3) is 10.9 Å². The fourth-order valence-electron chi connectivity index (χ4n) is 2.21. The highest BCUT2D eigenvalue weighted by atomic mass is 35.5. The van der Waals surface area contributed by atoms with Crippen LogP contribution in [0.3, 0.4) is 0 Å². The van der Waals surface area contributed by atoms with Gasteiger partial charge in [-0.1, -0.05) is 35.9 Å². The second-order valence-electron chi connectivity index (χ2n) is 4.99. The van der Waals surface area contributed by atoms with E-state index in [0.29, 0.717) is 27.8 Å². The Hall–Kier alpha value is -2.83. The molecule has 24 heavy (non-hydrogen) atoms. The Morgan fingerprint density at radius 2 is 1.96 bits per heavy atom. The number of carbonyl (C=O) groups excluding carboxylic acids is 1. The average Bonchev–Trinajstić information content (AvgIpc) is 2.61. The van der Waals surface area contributed by atoms with Crippen molar-refractivity contribution in [2.45, 2.75) is 0 Å². The molecule has 0 aliphatic carbocycles. The second-order valence-corrected chi connectivity index (χ2v) is 5.39. The summed E-state index contributed by atoms with van der Waals surface area (Å²) < 4.78 is 5.61. The number of hydrazine groups is 1. The lowest BCUT2D eigenvalue weighted by atomic mass is 10.2. The van der Waals surface area contributed by atoms with Gasteiger partial charge < -0.3 is 15.5 Å². The van der Waals surface area contributed by atoms with Crippen molar-refractivity contribution in [3.8, 4) is 5.75 Å². The zero-order valence-electron chi connectivity index (χ0n) is 12.6. The van der Waals surface area contributed by atoms with Gasteiger partial charge in [-0.25, -0.2) is 10.8 Å². The van der Waals surface area contributed by atoms with Crippen LogP contribution in [0.15, 0.2) is 54.6 Å². The van der Waals surface area contributed by atoms with E-state index in [1.54, 1.807) is 36.4 Å². The van der Waals surface area contributed by atoms with Gasteiger partial charge in [0.15, 0.2) is 6.61 Å². The molecule has 122 valence electrons. The third-order valence-corrected chi connectivity index (χ3v) is 3.67. The minimum absolute atomic E-state index is 0.160. The number of rotatable bonds is 5. The van der Waals surface area contributed by atoms with Gasteiger partial charge in [0.1, 0.15) is 17.1 Å². The standard InChI is InChI=1S/C17H15ClN4O2/c18-12-5-1-2-6-13(12)20-16(23)10-24-14-7-3-4-11-8-9-15(22-19)21-17(11)14/h1-9H,10,19H2,(H,20,23)(H,21,22). The zero-order chi connectivity index (χ0) is 16.9. The quantitative estimate of drug-likeness (QED) is 0.489. The van der Waals surface area contributed by atoms with Gasteiger partial charge in [0, 0.05) is 5.39 Å². The van der Waals surface area contributed by atoms with Crippen LogP contribution in [0.5, 0.6) is 5.75 Å². The number of nitrogens with two attached hydrogens (primary N) is 1. The number of aromatic nitrogens is 1. The molecule has 3 aromatic rings. The van der Waals surface area contributed by atoms with Crippen LogP contribution in [0.4, 0.5) is 11.5 Å². The van der Waals surface area contributed by atoms with Crippen LogP contribution in [-0.4, -0.2) is 17.5 Å². The predicted octanol–water partition coefficient (Wildman–Crippen LogP) is 3.19. The van der Waals surface area contributed by atoms with E-state index in [9.17, 15) is 4.79 Å². The Balaban J connectivity index is 1.73. The van der Waals surface area contributed by atoms with Crippen molar-refractivity contribution < 1.29 is 9.53 Å². The van der Waals surface area contributed by atoms with Gasteiger partial charge in [-0.05, 0) is 30.3 Å². The number of nitrogens with one attached hydrogen (secondary N) is 2. The monoisotopic (exact) mass is 342 g/mol. The summed E-state index contributed by atoms with van der Waals surface area (Å²) in [5.74, 6) is 6.08. The van der Waals surface area contributed by atoms with E-state index < -0.39 is 0 Å². The molecule has 1 amide bonds. The van der Waals surface area contributed by atoms with Crippen molar-refractivity contribution in [1.29, 1.82) is 0 Å². The van der Waals surface area contributed by atoms with E-state index in [2.05, 4.69) is 15.7 Å². The summed E-state index contributed by atoms with van der Waals surface area (Å²) >= 11 is 6.01. The van der Waals surface area contributed by atoms with Gasteiger partial charge in [0.2, 0.25) is 0 Å². The Morgan fingerprint density at radius 3 is 2.75 bits per heavy atom. The maximum Gasteiger partial charge on any atom is 0.262 e. The van der Waals surface area contributed by atoms with E-state index in [1.165, 1.54) is 0 Å². The van der Waals surface area contributed by atoms with Crippen LogP contribution >= 0.6 is 11.6 Å². The summed E-state index contributed by atoms with van der Waals surface area (Å²) in [7, 11) is 0. The van der Waals surface area contributed by atoms with E-state index >= 15 is 0 Å². The number of nitrogens with zero attached hydrogens (tertiary/aromatic N) is 1. The van der Waals surface area contributed by atoms with E-state index in [4.69, 9.17) is 22.2 Å². The van der Waals surface area contributed by atoms with Gasteiger partial charge in [-0.15, -0.1) is 0 Å². The fourth-order valence-corrected chi connectivity index (χ4v) is 2.39. The molecule has 0 unspecified atom stereocenters. The maximum atomic E-state index is 12.0. The summed E-state index contributed by atoms with van der Waals surface area (Å²) in [6.07, 6.45) is 0. The Morgan fingerprint density at radius 1 is 1.12 bits per heavy atom. The highest BCUT2D eigenvalue weighted by Crippen LogP contribution is 2.25. The number of halogens is 1. The Bertz CT molecular complexity index is 885. The molecule has 0 bridgehead atoms. The summed E-state index contributed by atoms with van der Waals surface area (Å²) in [5, 5.41) is 4.06. The first-order chi connectivity index (χ1) is 11.7. The molecule has 0 atom stereocenters. The molecular weight excluding hydrogens is 328 g/mol. The van der Waals surface area contributed by atoms with E-state index in [1.807, 2.05) is 18.2 Å². The summed E-state index contributed by atoms with van der Waals surface area (Å²) in [4.78, 5) is 16.4. The van der Waals surface area contributed by atoms with Crippen LogP contribution in [-0.2, 0) is 4.79 Å². The van der Waals surface area contributed by atoms with Gasteiger partial charge >= 0.3 is 0 Å². The molecular formula is C17H15ClN4O2. The number of nitrogen functional groups attached to an aromatic ring is 1. The van der Waals surface area contributed by atoms with Gasteiger partial charge in [0.25, 0.3) is 5.91 Å². The minimum atomic E-state index is -0.312. The molecule has 0 fully saturated rings. The lowest BCUT2D eigenvalue weighted by Crippen LogP contribution is -2.20. The molecule has 3 rings (SSSR count). The molecule has 0 saturated heterocycles. The third kappa shape index (κ3) is 3.56. The van der Waals surface area contributed by atoms with Crippen LogP contribution < -0.4 is 21.3 Å². The number of para-hydroxylation sites is 2. The fraction of sp³-hybridized carbons (Fsp3) is 0.0588. The SMILES string of the molecule is NNc1ccc2cccc(OCC(=O)Nc3ccccc3Cl)c2n1. The lowest BCUT2D eigenvalue weighted by molar-refractivity contribution is -0.118. The van der Waals surface area contributed by atoms with Crippen molar-refractivity contribution in [3.63, 3.8) is 0 Å². The molecule has 0 radical (unpaired) electrons.